The maximum Gasteiger partial charge on any atom is 0.323 e. The normalized spacial score (nSPS) is 16.6. The van der Waals surface area contributed by atoms with Gasteiger partial charge in [0.05, 0.1) is 5.02 Å². The highest BCUT2D eigenvalue weighted by atomic mass is 35.5. The van der Waals surface area contributed by atoms with Gasteiger partial charge in [0.25, 0.3) is 11.8 Å². The van der Waals surface area contributed by atoms with E-state index < -0.39 is 24.3 Å². The maximum absolute atomic E-state index is 12.8. The highest BCUT2D eigenvalue weighted by Gasteiger charge is 2.35. The number of ether oxygens (including phenoxy) is 2. The number of carbonyl (C=O) groups excluding carboxylic acids is 2. The molecule has 0 radical (unpaired) electrons. The Morgan fingerprint density at radius 2 is 1.89 bits per heavy atom. The Morgan fingerprint density at radius 1 is 1.15 bits per heavy atom. The third-order valence-electron chi connectivity index (χ3n) is 4.22. The molecule has 2 heterocycles. The van der Waals surface area contributed by atoms with Gasteiger partial charge in [-0.3, -0.25) is 19.3 Å². The van der Waals surface area contributed by atoms with Gasteiger partial charge in [0.15, 0.2) is 11.5 Å². The van der Waals surface area contributed by atoms with Crippen LogP contribution >= 0.6 is 11.6 Å². The Morgan fingerprint density at radius 3 is 2.63 bits per heavy atom. The topological polar surface area (TPSA) is 93.1 Å². The molecule has 0 bridgehead atoms. The molecule has 8 heteroatoms. The average Bonchev–Trinajstić information content (AvgIpc) is 3.11. The number of aliphatic carboxylic acids is 1. The number of carboxylic acids is 1. The van der Waals surface area contributed by atoms with E-state index in [2.05, 4.69) is 0 Å². The summed E-state index contributed by atoms with van der Waals surface area (Å²) in [5.41, 5.74) is 1.45. The van der Waals surface area contributed by atoms with E-state index in [0.29, 0.717) is 32.5 Å². The van der Waals surface area contributed by atoms with Gasteiger partial charge in [0.1, 0.15) is 6.54 Å². The fourth-order valence-corrected chi connectivity index (χ4v) is 3.33. The van der Waals surface area contributed by atoms with Crippen LogP contribution < -0.4 is 9.47 Å². The third-order valence-corrected chi connectivity index (χ3v) is 4.50. The van der Waals surface area contributed by atoms with Gasteiger partial charge in [-0.1, -0.05) is 29.8 Å². The van der Waals surface area contributed by atoms with Gasteiger partial charge in [0.2, 0.25) is 6.79 Å². The molecule has 0 saturated carbocycles. The summed E-state index contributed by atoms with van der Waals surface area (Å²) < 4.78 is 10.6. The van der Waals surface area contributed by atoms with E-state index in [0.717, 1.165) is 0 Å². The number of rotatable bonds is 3. The first-order chi connectivity index (χ1) is 13.0. The smallest absolute Gasteiger partial charge is 0.323 e. The van der Waals surface area contributed by atoms with Crippen molar-refractivity contribution in [3.8, 4) is 11.5 Å². The molecule has 2 aromatic carbocycles. The number of fused-ring (bicyclic) bond motifs is 2. The number of hydrogen-bond acceptors (Lipinski definition) is 5. The van der Waals surface area contributed by atoms with E-state index >= 15 is 0 Å². The summed E-state index contributed by atoms with van der Waals surface area (Å²) >= 11 is 6.19. The van der Waals surface area contributed by atoms with Gasteiger partial charge in [0, 0.05) is 11.1 Å². The van der Waals surface area contributed by atoms with Gasteiger partial charge < -0.3 is 14.6 Å². The van der Waals surface area contributed by atoms with Crippen LogP contribution in [0.2, 0.25) is 5.02 Å². The lowest BCUT2D eigenvalue weighted by atomic mass is 9.92. The van der Waals surface area contributed by atoms with E-state index in [-0.39, 0.29) is 17.9 Å². The molecule has 27 heavy (non-hydrogen) atoms. The molecule has 0 spiro atoms. The number of hydrogen-bond donors (Lipinski definition) is 1. The second-order valence-corrected chi connectivity index (χ2v) is 6.34. The number of nitrogens with zero attached hydrogens (tertiary/aromatic N) is 1. The largest absolute Gasteiger partial charge is 0.480 e. The second kappa shape index (κ2) is 6.44. The van der Waals surface area contributed by atoms with Crippen LogP contribution in [0.5, 0.6) is 11.5 Å². The lowest BCUT2D eigenvalue weighted by Gasteiger charge is -2.27. The Bertz CT molecular complexity index is 1030. The summed E-state index contributed by atoms with van der Waals surface area (Å²) in [6.45, 7) is -0.664. The monoisotopic (exact) mass is 385 g/mol. The lowest BCUT2D eigenvalue weighted by Crippen LogP contribution is -2.44. The van der Waals surface area contributed by atoms with Gasteiger partial charge in [-0.2, -0.15) is 0 Å². The molecule has 4 rings (SSSR count). The molecule has 2 aliphatic heterocycles. The van der Waals surface area contributed by atoms with Crippen molar-refractivity contribution in [3.05, 3.63) is 58.1 Å². The molecule has 7 nitrogen and oxygen atoms in total. The van der Waals surface area contributed by atoms with Crippen LogP contribution in [0.1, 0.15) is 21.5 Å². The molecule has 2 aliphatic rings. The van der Waals surface area contributed by atoms with E-state index in [1.54, 1.807) is 42.5 Å². The quantitative estimate of drug-likeness (QED) is 0.645. The summed E-state index contributed by atoms with van der Waals surface area (Å²) in [5, 5.41) is 9.38. The zero-order valence-electron chi connectivity index (χ0n) is 13.8. The van der Waals surface area contributed by atoms with Crippen molar-refractivity contribution in [2.24, 2.45) is 0 Å². The average molecular weight is 386 g/mol. The molecular formula is C19H12ClNO6. The van der Waals surface area contributed by atoms with Crippen LogP contribution in [-0.2, 0) is 9.59 Å². The molecule has 0 aromatic heterocycles. The Hall–Kier alpha value is -3.32. The van der Waals surface area contributed by atoms with E-state index in [9.17, 15) is 14.4 Å². The molecule has 2 aromatic rings. The molecule has 2 amide bonds. The predicted octanol–water partition coefficient (Wildman–Crippen LogP) is 2.68. The van der Waals surface area contributed by atoms with Crippen molar-refractivity contribution in [2.45, 2.75) is 0 Å². The Kier molecular flexibility index (Phi) is 4.08. The number of benzene rings is 2. The first-order valence-corrected chi connectivity index (χ1v) is 8.31. The zero-order chi connectivity index (χ0) is 19.1. The first kappa shape index (κ1) is 17.1. The van der Waals surface area contributed by atoms with Crippen molar-refractivity contribution in [1.82, 2.24) is 4.90 Å². The van der Waals surface area contributed by atoms with E-state index in [1.165, 1.54) is 0 Å². The molecule has 136 valence electrons. The van der Waals surface area contributed by atoms with Gasteiger partial charge in [-0.15, -0.1) is 0 Å². The molecular weight excluding hydrogens is 374 g/mol. The molecule has 0 saturated heterocycles. The summed E-state index contributed by atoms with van der Waals surface area (Å²) in [6.07, 6.45) is 1.55. The summed E-state index contributed by atoms with van der Waals surface area (Å²) in [6, 6.07) is 9.82. The molecule has 0 unspecified atom stereocenters. The molecule has 0 fully saturated rings. The lowest BCUT2D eigenvalue weighted by molar-refractivity contribution is -0.141. The van der Waals surface area contributed by atoms with Crippen molar-refractivity contribution in [3.63, 3.8) is 0 Å². The van der Waals surface area contributed by atoms with Crippen LogP contribution in [0.25, 0.3) is 11.6 Å². The standard InChI is InChI=1S/C19H12ClNO6/c20-14-6-10(7-15-17(14)27-9-26-15)5-13-11-3-1-2-4-12(11)18(24)21(19(13)25)8-16(22)23/h1-7H,8-9H2,(H,22,23). The van der Waals surface area contributed by atoms with E-state index in [4.69, 9.17) is 26.2 Å². The highest BCUT2D eigenvalue weighted by Crippen LogP contribution is 2.41. The Labute approximate surface area is 158 Å². The first-order valence-electron chi connectivity index (χ1n) is 7.94. The fourth-order valence-electron chi connectivity index (χ4n) is 3.06. The van der Waals surface area contributed by atoms with Crippen LogP contribution in [0.15, 0.2) is 36.4 Å². The summed E-state index contributed by atoms with van der Waals surface area (Å²) in [7, 11) is 0. The van der Waals surface area contributed by atoms with Crippen LogP contribution in [0.3, 0.4) is 0 Å². The van der Waals surface area contributed by atoms with Crippen molar-refractivity contribution in [1.29, 1.82) is 0 Å². The van der Waals surface area contributed by atoms with Crippen LogP contribution in [0, 0.1) is 0 Å². The summed E-state index contributed by atoms with van der Waals surface area (Å²) in [5.74, 6) is -1.73. The minimum atomic E-state index is -1.28. The van der Waals surface area contributed by atoms with Gasteiger partial charge in [-0.05, 0) is 35.4 Å². The molecule has 0 aliphatic carbocycles. The maximum atomic E-state index is 12.8. The van der Waals surface area contributed by atoms with Crippen molar-refractivity contribution < 1.29 is 29.0 Å². The number of imide groups is 1. The SMILES string of the molecule is O=C(O)CN1C(=O)C(=Cc2cc(Cl)c3c(c2)OCO3)c2ccccc2C1=O. The van der Waals surface area contributed by atoms with Crippen molar-refractivity contribution in [2.75, 3.05) is 13.3 Å². The number of amides is 2. The highest BCUT2D eigenvalue weighted by molar-refractivity contribution is 6.35. The van der Waals surface area contributed by atoms with Gasteiger partial charge in [-0.25, -0.2) is 0 Å². The molecule has 0 atom stereocenters. The minimum absolute atomic E-state index is 0.0533. The van der Waals surface area contributed by atoms with Crippen LogP contribution in [0.4, 0.5) is 0 Å². The minimum Gasteiger partial charge on any atom is -0.480 e. The fraction of sp³-hybridized carbons (Fsp3) is 0.105. The zero-order valence-corrected chi connectivity index (χ0v) is 14.5. The third kappa shape index (κ3) is 2.92. The Balaban J connectivity index is 1.85. The summed E-state index contributed by atoms with van der Waals surface area (Å²) in [4.78, 5) is 37.2. The van der Waals surface area contributed by atoms with Gasteiger partial charge >= 0.3 is 5.97 Å². The van der Waals surface area contributed by atoms with E-state index in [1.807, 2.05) is 0 Å². The van der Waals surface area contributed by atoms with Crippen molar-refractivity contribution >= 4 is 41.0 Å². The number of carboxylic acid groups (broad SMARTS) is 1. The molecule has 1 N–H and O–H groups in total. The predicted molar refractivity (Wildman–Crippen MR) is 95.6 cm³/mol. The van der Waals surface area contributed by atoms with Crippen LogP contribution in [-0.4, -0.2) is 41.1 Å². The number of halogens is 1. The number of carbonyl (C=O) groups is 3. The second-order valence-electron chi connectivity index (χ2n) is 5.93.